The maximum atomic E-state index is 12.9. The van der Waals surface area contributed by atoms with Gasteiger partial charge in [-0.1, -0.05) is 37.3 Å². The van der Waals surface area contributed by atoms with E-state index in [2.05, 4.69) is 4.98 Å². The van der Waals surface area contributed by atoms with Gasteiger partial charge >= 0.3 is 12.3 Å². The highest BCUT2D eigenvalue weighted by atomic mass is 19.4. The number of hydrogen-bond donors (Lipinski definition) is 0. The van der Waals surface area contributed by atoms with E-state index in [1.165, 1.54) is 11.0 Å². The molecule has 29 heavy (non-hydrogen) atoms. The number of amides is 1. The standard InChI is InChI=1S/C21H23F3N2O3/c1-2-16-8-9-17-18(10-11-19(25-17)21(22,23)24)26(16)20(27)29-13-12-28-14-15-6-4-3-5-7-15/h3-7,10-11,16H,2,8-9,12-14H2,1H3. The molecule has 1 aliphatic rings. The Labute approximate surface area is 167 Å². The summed E-state index contributed by atoms with van der Waals surface area (Å²) in [7, 11) is 0. The molecule has 2 heterocycles. The first-order valence-electron chi connectivity index (χ1n) is 9.55. The van der Waals surface area contributed by atoms with Gasteiger partial charge in [-0.25, -0.2) is 9.78 Å². The summed E-state index contributed by atoms with van der Waals surface area (Å²) in [5.74, 6) is 0. The van der Waals surface area contributed by atoms with E-state index in [1.807, 2.05) is 37.3 Å². The molecule has 0 aliphatic carbocycles. The number of aryl methyl sites for hydroxylation is 1. The highest BCUT2D eigenvalue weighted by Crippen LogP contribution is 2.35. The average Bonchev–Trinajstić information content (AvgIpc) is 2.72. The van der Waals surface area contributed by atoms with Gasteiger partial charge < -0.3 is 9.47 Å². The minimum atomic E-state index is -4.52. The topological polar surface area (TPSA) is 51.7 Å². The van der Waals surface area contributed by atoms with Gasteiger partial charge in [-0.15, -0.1) is 0 Å². The van der Waals surface area contributed by atoms with Crippen LogP contribution in [0.3, 0.4) is 0 Å². The SMILES string of the molecule is CCC1CCc2nc(C(F)(F)F)ccc2N1C(=O)OCCOCc1ccccc1. The third kappa shape index (κ3) is 5.26. The van der Waals surface area contributed by atoms with Crippen molar-refractivity contribution in [2.24, 2.45) is 0 Å². The van der Waals surface area contributed by atoms with Crippen LogP contribution in [0.1, 0.15) is 36.7 Å². The zero-order valence-corrected chi connectivity index (χ0v) is 16.1. The fourth-order valence-electron chi connectivity index (χ4n) is 3.34. The van der Waals surface area contributed by atoms with Crippen LogP contribution in [-0.4, -0.2) is 30.3 Å². The normalized spacial score (nSPS) is 16.4. The molecule has 0 bridgehead atoms. The molecule has 1 aromatic carbocycles. The van der Waals surface area contributed by atoms with Crippen molar-refractivity contribution in [3.05, 3.63) is 59.4 Å². The molecule has 1 unspecified atom stereocenters. The van der Waals surface area contributed by atoms with Gasteiger partial charge in [0.2, 0.25) is 0 Å². The number of ether oxygens (including phenoxy) is 2. The second-order valence-corrected chi connectivity index (χ2v) is 6.78. The Morgan fingerprint density at radius 2 is 1.93 bits per heavy atom. The lowest BCUT2D eigenvalue weighted by Gasteiger charge is -2.35. The minimum absolute atomic E-state index is 0.0575. The number of benzene rings is 1. The van der Waals surface area contributed by atoms with Crippen molar-refractivity contribution >= 4 is 11.8 Å². The van der Waals surface area contributed by atoms with Crippen molar-refractivity contribution in [3.63, 3.8) is 0 Å². The van der Waals surface area contributed by atoms with Gasteiger partial charge in [0.15, 0.2) is 0 Å². The summed E-state index contributed by atoms with van der Waals surface area (Å²) in [5.41, 5.74) is 0.711. The largest absolute Gasteiger partial charge is 0.447 e. The number of nitrogens with zero attached hydrogens (tertiary/aromatic N) is 2. The fraction of sp³-hybridized carbons (Fsp3) is 0.429. The van der Waals surface area contributed by atoms with Crippen molar-refractivity contribution in [2.45, 2.75) is 45.0 Å². The van der Waals surface area contributed by atoms with E-state index in [-0.39, 0.29) is 24.9 Å². The Balaban J connectivity index is 1.61. The van der Waals surface area contributed by atoms with Crippen LogP contribution in [0.2, 0.25) is 0 Å². The summed E-state index contributed by atoms with van der Waals surface area (Å²) in [5, 5.41) is 0. The molecule has 0 spiro atoms. The van der Waals surface area contributed by atoms with Crippen molar-refractivity contribution in [1.82, 2.24) is 4.98 Å². The molecule has 3 rings (SSSR count). The average molecular weight is 408 g/mol. The number of aromatic nitrogens is 1. The lowest BCUT2D eigenvalue weighted by atomic mass is 9.98. The first-order valence-corrected chi connectivity index (χ1v) is 9.55. The molecule has 1 amide bonds. The van der Waals surface area contributed by atoms with E-state index < -0.39 is 18.0 Å². The predicted molar refractivity (Wildman–Crippen MR) is 102 cm³/mol. The molecule has 0 saturated carbocycles. The lowest BCUT2D eigenvalue weighted by Crippen LogP contribution is -2.44. The second kappa shape index (κ2) is 9.26. The number of fused-ring (bicyclic) bond motifs is 1. The van der Waals surface area contributed by atoms with Crippen LogP contribution in [0.25, 0.3) is 0 Å². The lowest BCUT2D eigenvalue weighted by molar-refractivity contribution is -0.141. The molecule has 0 N–H and O–H groups in total. The van der Waals surface area contributed by atoms with Gasteiger partial charge in [-0.05, 0) is 37.0 Å². The fourth-order valence-corrected chi connectivity index (χ4v) is 3.34. The second-order valence-electron chi connectivity index (χ2n) is 6.78. The van der Waals surface area contributed by atoms with Crippen molar-refractivity contribution < 1.29 is 27.4 Å². The molecule has 0 fully saturated rings. The van der Waals surface area contributed by atoms with Gasteiger partial charge in [0.25, 0.3) is 0 Å². The summed E-state index contributed by atoms with van der Waals surface area (Å²) in [6.45, 7) is 2.62. The maximum absolute atomic E-state index is 12.9. The monoisotopic (exact) mass is 408 g/mol. The first kappa shape index (κ1) is 21.1. The van der Waals surface area contributed by atoms with E-state index in [4.69, 9.17) is 9.47 Å². The quantitative estimate of drug-likeness (QED) is 0.633. The van der Waals surface area contributed by atoms with Gasteiger partial charge in [0, 0.05) is 6.04 Å². The van der Waals surface area contributed by atoms with Crippen molar-refractivity contribution in [2.75, 3.05) is 18.1 Å². The molecule has 1 aromatic heterocycles. The number of alkyl halides is 3. The van der Waals surface area contributed by atoms with Crippen LogP contribution in [0.5, 0.6) is 0 Å². The number of anilines is 1. The third-order valence-corrected chi connectivity index (χ3v) is 4.81. The Morgan fingerprint density at radius 3 is 2.62 bits per heavy atom. The van der Waals surface area contributed by atoms with E-state index in [0.29, 0.717) is 31.6 Å². The van der Waals surface area contributed by atoms with Gasteiger partial charge in [0.1, 0.15) is 12.3 Å². The van der Waals surface area contributed by atoms with Crippen LogP contribution in [0.15, 0.2) is 42.5 Å². The van der Waals surface area contributed by atoms with Gasteiger partial charge in [-0.2, -0.15) is 13.2 Å². The first-order chi connectivity index (χ1) is 13.9. The molecule has 8 heteroatoms. The Morgan fingerprint density at radius 1 is 1.17 bits per heavy atom. The van der Waals surface area contributed by atoms with E-state index in [9.17, 15) is 18.0 Å². The zero-order valence-electron chi connectivity index (χ0n) is 16.1. The number of hydrogen-bond acceptors (Lipinski definition) is 4. The number of halogens is 3. The molecule has 1 atom stereocenters. The van der Waals surface area contributed by atoms with Crippen LogP contribution in [0.4, 0.5) is 23.7 Å². The van der Waals surface area contributed by atoms with E-state index in [0.717, 1.165) is 11.6 Å². The third-order valence-electron chi connectivity index (χ3n) is 4.81. The number of carbonyl (C=O) groups is 1. The highest BCUT2D eigenvalue weighted by molar-refractivity contribution is 5.89. The smallest absolute Gasteiger partial charge is 0.433 e. The molecule has 0 saturated heterocycles. The van der Waals surface area contributed by atoms with E-state index in [1.54, 1.807) is 0 Å². The minimum Gasteiger partial charge on any atom is -0.447 e. The molecular formula is C21H23F3N2O3. The Bertz CT molecular complexity index is 828. The predicted octanol–water partition coefficient (Wildman–Crippen LogP) is 4.99. The van der Waals surface area contributed by atoms with Gasteiger partial charge in [0.05, 0.1) is 24.6 Å². The molecule has 2 aromatic rings. The van der Waals surface area contributed by atoms with Crippen molar-refractivity contribution in [3.8, 4) is 0 Å². The summed E-state index contributed by atoms with van der Waals surface area (Å²) >= 11 is 0. The molecule has 5 nitrogen and oxygen atoms in total. The number of rotatable bonds is 6. The zero-order chi connectivity index (χ0) is 20.9. The molecule has 0 radical (unpaired) electrons. The number of carbonyl (C=O) groups excluding carboxylic acids is 1. The molecule has 156 valence electrons. The maximum Gasteiger partial charge on any atom is 0.433 e. The summed E-state index contributed by atoms with van der Waals surface area (Å²) in [6, 6.07) is 11.7. The highest BCUT2D eigenvalue weighted by Gasteiger charge is 2.36. The Hall–Kier alpha value is -2.61. The molecular weight excluding hydrogens is 385 g/mol. The molecule has 1 aliphatic heterocycles. The summed E-state index contributed by atoms with van der Waals surface area (Å²) < 4.78 is 49.6. The van der Waals surface area contributed by atoms with Gasteiger partial charge in [-0.3, -0.25) is 4.90 Å². The van der Waals surface area contributed by atoms with E-state index >= 15 is 0 Å². The Kier molecular flexibility index (Phi) is 6.74. The van der Waals surface area contributed by atoms with Crippen LogP contribution >= 0.6 is 0 Å². The van der Waals surface area contributed by atoms with Crippen LogP contribution < -0.4 is 4.90 Å². The number of pyridine rings is 1. The van der Waals surface area contributed by atoms with Crippen LogP contribution in [-0.2, 0) is 28.7 Å². The van der Waals surface area contributed by atoms with Crippen molar-refractivity contribution in [1.29, 1.82) is 0 Å². The van der Waals surface area contributed by atoms with Crippen LogP contribution in [0, 0.1) is 0 Å². The summed E-state index contributed by atoms with van der Waals surface area (Å²) in [4.78, 5) is 17.8. The summed E-state index contributed by atoms with van der Waals surface area (Å²) in [6.07, 6.45) is -3.51.